The quantitative estimate of drug-likeness (QED) is 0.466. The molecular formula is C8H13ClN2. The number of nitriles is 1. The Kier molecular flexibility index (Phi) is 10.8. The van der Waals surface area contributed by atoms with E-state index in [0.717, 1.165) is 13.1 Å². The average molecular weight is 173 g/mol. The number of hydrogen-bond acceptors (Lipinski definition) is 2. The summed E-state index contributed by atoms with van der Waals surface area (Å²) in [7, 11) is 0. The number of nitrogens with zero attached hydrogens (tertiary/aromatic N) is 2. The molecule has 0 rings (SSSR count). The number of rotatable bonds is 5. The van der Waals surface area contributed by atoms with Crippen molar-refractivity contribution in [1.82, 2.24) is 4.90 Å². The van der Waals surface area contributed by atoms with Gasteiger partial charge in [-0.1, -0.05) is 12.2 Å². The molecule has 0 bridgehead atoms. The van der Waals surface area contributed by atoms with Gasteiger partial charge in [0.1, 0.15) is 0 Å². The van der Waals surface area contributed by atoms with E-state index >= 15 is 0 Å². The van der Waals surface area contributed by atoms with Gasteiger partial charge < -0.3 is 0 Å². The van der Waals surface area contributed by atoms with Crippen molar-refractivity contribution in [2.24, 2.45) is 0 Å². The van der Waals surface area contributed by atoms with Crippen molar-refractivity contribution >= 4 is 12.4 Å². The molecule has 0 N–H and O–H groups in total. The maximum atomic E-state index is 8.33. The Morgan fingerprint density at radius 3 is 2.00 bits per heavy atom. The molecule has 0 aliphatic heterocycles. The summed E-state index contributed by atoms with van der Waals surface area (Å²) in [6.45, 7) is 9.10. The van der Waals surface area contributed by atoms with Gasteiger partial charge in [0.15, 0.2) is 0 Å². The average Bonchev–Trinajstić information content (AvgIpc) is 1.90. The molecule has 0 aliphatic rings. The molecule has 0 radical (unpaired) electrons. The topological polar surface area (TPSA) is 27.0 Å². The molecule has 0 heterocycles. The summed E-state index contributed by atoms with van der Waals surface area (Å²) in [6, 6.07) is 2.07. The Bertz CT molecular complexity index is 139. The molecule has 0 aromatic rings. The molecule has 62 valence electrons. The molecule has 0 fully saturated rings. The highest BCUT2D eigenvalue weighted by Gasteiger charge is 1.96. The minimum Gasteiger partial charge on any atom is -0.283 e. The molecule has 0 aromatic heterocycles. The SMILES string of the molecule is C=CCN(CC#N)CC=C.Cl. The fourth-order valence-electron chi connectivity index (χ4n) is 0.669. The molecule has 0 saturated carbocycles. The van der Waals surface area contributed by atoms with Gasteiger partial charge in [0.05, 0.1) is 12.6 Å². The van der Waals surface area contributed by atoms with Gasteiger partial charge in [0.2, 0.25) is 0 Å². The van der Waals surface area contributed by atoms with Crippen LogP contribution >= 0.6 is 12.4 Å². The van der Waals surface area contributed by atoms with Crippen molar-refractivity contribution in [2.45, 2.75) is 0 Å². The third kappa shape index (κ3) is 7.11. The summed E-state index contributed by atoms with van der Waals surface area (Å²) < 4.78 is 0. The highest BCUT2D eigenvalue weighted by atomic mass is 35.5. The van der Waals surface area contributed by atoms with Gasteiger partial charge >= 0.3 is 0 Å². The maximum Gasteiger partial charge on any atom is 0.0871 e. The first-order valence-electron chi connectivity index (χ1n) is 3.16. The van der Waals surface area contributed by atoms with Crippen molar-refractivity contribution in [3.05, 3.63) is 25.3 Å². The third-order valence-corrected chi connectivity index (χ3v) is 1.07. The Morgan fingerprint density at radius 2 is 1.73 bits per heavy atom. The summed E-state index contributed by atoms with van der Waals surface area (Å²) >= 11 is 0. The van der Waals surface area contributed by atoms with Crippen molar-refractivity contribution in [3.8, 4) is 6.07 Å². The Balaban J connectivity index is 0. The lowest BCUT2D eigenvalue weighted by molar-refractivity contribution is 0.377. The lowest BCUT2D eigenvalue weighted by atomic mass is 10.4. The molecule has 0 aromatic carbocycles. The van der Waals surface area contributed by atoms with E-state index < -0.39 is 0 Å². The van der Waals surface area contributed by atoms with Crippen LogP contribution < -0.4 is 0 Å². The second-order valence-electron chi connectivity index (χ2n) is 1.93. The van der Waals surface area contributed by atoms with E-state index in [1.807, 2.05) is 4.90 Å². The molecule has 0 saturated heterocycles. The molecule has 0 aliphatic carbocycles. The number of hydrogen-bond donors (Lipinski definition) is 0. The van der Waals surface area contributed by atoms with Crippen LogP contribution in [-0.4, -0.2) is 24.5 Å². The highest BCUT2D eigenvalue weighted by Crippen LogP contribution is 1.86. The van der Waals surface area contributed by atoms with Crippen molar-refractivity contribution in [3.63, 3.8) is 0 Å². The first-order valence-corrected chi connectivity index (χ1v) is 3.16. The summed E-state index contributed by atoms with van der Waals surface area (Å²) in [5.74, 6) is 0. The summed E-state index contributed by atoms with van der Waals surface area (Å²) in [5, 5.41) is 8.33. The lowest BCUT2D eigenvalue weighted by Gasteiger charge is -2.12. The highest BCUT2D eigenvalue weighted by molar-refractivity contribution is 5.85. The molecule has 0 spiro atoms. The van der Waals surface area contributed by atoms with Crippen LogP contribution in [0.4, 0.5) is 0 Å². The Labute approximate surface area is 74.2 Å². The van der Waals surface area contributed by atoms with Crippen molar-refractivity contribution < 1.29 is 0 Å². The predicted octanol–water partition coefficient (Wildman–Crippen LogP) is 1.61. The third-order valence-electron chi connectivity index (χ3n) is 1.07. The van der Waals surface area contributed by atoms with E-state index in [4.69, 9.17) is 5.26 Å². The van der Waals surface area contributed by atoms with Crippen LogP contribution in [0.15, 0.2) is 25.3 Å². The smallest absolute Gasteiger partial charge is 0.0871 e. The zero-order valence-electron chi connectivity index (χ0n) is 6.49. The van der Waals surface area contributed by atoms with E-state index in [2.05, 4.69) is 19.2 Å². The van der Waals surface area contributed by atoms with Crippen LogP contribution in [0.5, 0.6) is 0 Å². The van der Waals surface area contributed by atoms with Gasteiger partial charge in [-0.15, -0.1) is 25.6 Å². The van der Waals surface area contributed by atoms with Crippen LogP contribution in [0, 0.1) is 11.3 Å². The predicted molar refractivity (Wildman–Crippen MR) is 49.7 cm³/mol. The van der Waals surface area contributed by atoms with Gasteiger partial charge in [-0.25, -0.2) is 0 Å². The van der Waals surface area contributed by atoms with Crippen LogP contribution in [0.2, 0.25) is 0 Å². The van der Waals surface area contributed by atoms with Gasteiger partial charge in [0, 0.05) is 13.1 Å². The van der Waals surface area contributed by atoms with E-state index in [1.54, 1.807) is 12.2 Å². The minimum atomic E-state index is 0. The van der Waals surface area contributed by atoms with E-state index in [0.29, 0.717) is 6.54 Å². The standard InChI is InChI=1S/C8H12N2.ClH/c1-3-6-10(7-4-2)8-5-9;/h3-4H,1-2,6-8H2;1H. The first kappa shape index (κ1) is 12.9. The molecule has 2 nitrogen and oxygen atoms in total. The Morgan fingerprint density at radius 1 is 1.27 bits per heavy atom. The zero-order valence-corrected chi connectivity index (χ0v) is 7.31. The second kappa shape index (κ2) is 9.22. The molecule has 11 heavy (non-hydrogen) atoms. The fourth-order valence-corrected chi connectivity index (χ4v) is 0.669. The van der Waals surface area contributed by atoms with Gasteiger partial charge in [0.25, 0.3) is 0 Å². The second-order valence-corrected chi connectivity index (χ2v) is 1.93. The van der Waals surface area contributed by atoms with Crippen molar-refractivity contribution in [1.29, 1.82) is 5.26 Å². The maximum absolute atomic E-state index is 8.33. The minimum absolute atomic E-state index is 0. The first-order chi connectivity index (χ1) is 4.85. The van der Waals surface area contributed by atoms with Gasteiger partial charge in [-0.2, -0.15) is 5.26 Å². The van der Waals surface area contributed by atoms with E-state index in [1.165, 1.54) is 0 Å². The van der Waals surface area contributed by atoms with Gasteiger partial charge in [-0.3, -0.25) is 4.90 Å². The lowest BCUT2D eigenvalue weighted by Crippen LogP contribution is -2.23. The van der Waals surface area contributed by atoms with Crippen LogP contribution in [-0.2, 0) is 0 Å². The summed E-state index contributed by atoms with van der Waals surface area (Å²) in [5.41, 5.74) is 0. The number of halogens is 1. The van der Waals surface area contributed by atoms with E-state index in [-0.39, 0.29) is 12.4 Å². The zero-order chi connectivity index (χ0) is 7.82. The summed E-state index contributed by atoms with van der Waals surface area (Å²) in [6.07, 6.45) is 3.56. The molecular weight excluding hydrogens is 160 g/mol. The van der Waals surface area contributed by atoms with Gasteiger partial charge in [-0.05, 0) is 0 Å². The van der Waals surface area contributed by atoms with Crippen LogP contribution in [0.1, 0.15) is 0 Å². The van der Waals surface area contributed by atoms with Crippen LogP contribution in [0.25, 0.3) is 0 Å². The van der Waals surface area contributed by atoms with Crippen molar-refractivity contribution in [2.75, 3.05) is 19.6 Å². The molecule has 3 heteroatoms. The molecule has 0 unspecified atom stereocenters. The monoisotopic (exact) mass is 172 g/mol. The normalized spacial score (nSPS) is 8.00. The fraction of sp³-hybridized carbons (Fsp3) is 0.375. The largest absolute Gasteiger partial charge is 0.283 e. The van der Waals surface area contributed by atoms with Crippen LogP contribution in [0.3, 0.4) is 0 Å². The molecule has 0 atom stereocenters. The summed E-state index contributed by atoms with van der Waals surface area (Å²) in [4.78, 5) is 1.94. The molecule has 0 amide bonds. The Hall–Kier alpha value is -0.780. The van der Waals surface area contributed by atoms with E-state index in [9.17, 15) is 0 Å².